The number of piperidine rings is 1. The molecule has 0 aromatic rings. The molecule has 0 bridgehead atoms. The standard InChI is InChI=1S/C15H29N/c1-13(2)16-12-8-10-14-9-6-4-3-5-7-11-15(14)16/h13-15H,3-12H2,1-2H3. The first-order chi connectivity index (χ1) is 7.79. The predicted molar refractivity (Wildman–Crippen MR) is 70.7 cm³/mol. The topological polar surface area (TPSA) is 3.24 Å². The number of likely N-dealkylation sites (tertiary alicyclic amines) is 1. The van der Waals surface area contributed by atoms with Crippen LogP contribution in [0.15, 0.2) is 0 Å². The predicted octanol–water partition coefficient (Wildman–Crippen LogP) is 4.22. The molecule has 94 valence electrons. The molecule has 2 aliphatic rings. The Morgan fingerprint density at radius 2 is 1.44 bits per heavy atom. The van der Waals surface area contributed by atoms with Gasteiger partial charge in [-0.3, -0.25) is 4.90 Å². The average molecular weight is 223 g/mol. The van der Waals surface area contributed by atoms with E-state index in [9.17, 15) is 0 Å². The number of nitrogens with zero attached hydrogens (tertiary/aromatic N) is 1. The fourth-order valence-electron chi connectivity index (χ4n) is 3.83. The molecule has 2 rings (SSSR count). The first-order valence-corrected chi connectivity index (χ1v) is 7.55. The highest BCUT2D eigenvalue weighted by molar-refractivity contribution is 4.86. The Kier molecular flexibility index (Phi) is 4.69. The molecule has 0 amide bonds. The van der Waals surface area contributed by atoms with Gasteiger partial charge in [-0.15, -0.1) is 0 Å². The van der Waals surface area contributed by atoms with E-state index >= 15 is 0 Å². The molecule has 0 spiro atoms. The van der Waals surface area contributed by atoms with Crippen molar-refractivity contribution in [3.05, 3.63) is 0 Å². The second-order valence-corrected chi connectivity index (χ2v) is 6.15. The molecular formula is C15H29N. The van der Waals surface area contributed by atoms with Crippen LogP contribution in [0.5, 0.6) is 0 Å². The van der Waals surface area contributed by atoms with E-state index in [0.29, 0.717) is 0 Å². The molecule has 1 saturated carbocycles. The molecule has 1 nitrogen and oxygen atoms in total. The van der Waals surface area contributed by atoms with Crippen LogP contribution in [0.3, 0.4) is 0 Å². The lowest BCUT2D eigenvalue weighted by atomic mass is 9.83. The number of hydrogen-bond acceptors (Lipinski definition) is 1. The van der Waals surface area contributed by atoms with Crippen LogP contribution < -0.4 is 0 Å². The van der Waals surface area contributed by atoms with Gasteiger partial charge in [-0.05, 0) is 52.0 Å². The average Bonchev–Trinajstić information content (AvgIpc) is 2.39. The Morgan fingerprint density at radius 3 is 2.19 bits per heavy atom. The quantitative estimate of drug-likeness (QED) is 0.643. The molecule has 1 saturated heterocycles. The maximum atomic E-state index is 2.81. The molecule has 16 heavy (non-hydrogen) atoms. The lowest BCUT2D eigenvalue weighted by molar-refractivity contribution is 0.0534. The second-order valence-electron chi connectivity index (χ2n) is 6.15. The summed E-state index contributed by atoms with van der Waals surface area (Å²) < 4.78 is 0. The van der Waals surface area contributed by atoms with Gasteiger partial charge >= 0.3 is 0 Å². The van der Waals surface area contributed by atoms with Gasteiger partial charge in [0.25, 0.3) is 0 Å². The van der Waals surface area contributed by atoms with E-state index in [1.165, 1.54) is 64.3 Å². The maximum Gasteiger partial charge on any atom is 0.0126 e. The van der Waals surface area contributed by atoms with E-state index < -0.39 is 0 Å². The van der Waals surface area contributed by atoms with Gasteiger partial charge in [-0.25, -0.2) is 0 Å². The van der Waals surface area contributed by atoms with Crippen LogP contribution in [0.1, 0.15) is 71.6 Å². The number of hydrogen-bond donors (Lipinski definition) is 0. The molecule has 2 atom stereocenters. The third-order valence-electron chi connectivity index (χ3n) is 4.70. The normalized spacial score (nSPS) is 33.9. The summed E-state index contributed by atoms with van der Waals surface area (Å²) in [6.45, 7) is 6.13. The van der Waals surface area contributed by atoms with Gasteiger partial charge in [-0.1, -0.05) is 32.1 Å². The zero-order chi connectivity index (χ0) is 11.4. The minimum atomic E-state index is 0.758. The van der Waals surface area contributed by atoms with E-state index in [4.69, 9.17) is 0 Å². The first kappa shape index (κ1) is 12.4. The van der Waals surface area contributed by atoms with Crippen LogP contribution in [0, 0.1) is 5.92 Å². The first-order valence-electron chi connectivity index (χ1n) is 7.55. The summed E-state index contributed by atoms with van der Waals surface area (Å²) in [5.41, 5.74) is 0. The Bertz CT molecular complexity index is 200. The van der Waals surface area contributed by atoms with E-state index in [-0.39, 0.29) is 0 Å². The molecule has 0 aromatic carbocycles. The zero-order valence-corrected chi connectivity index (χ0v) is 11.3. The van der Waals surface area contributed by atoms with Gasteiger partial charge in [0, 0.05) is 12.1 Å². The van der Waals surface area contributed by atoms with Gasteiger partial charge in [0.15, 0.2) is 0 Å². The van der Waals surface area contributed by atoms with Crippen LogP contribution in [0.2, 0.25) is 0 Å². The van der Waals surface area contributed by atoms with Crippen molar-refractivity contribution in [2.45, 2.75) is 83.7 Å². The lowest BCUT2D eigenvalue weighted by Crippen LogP contribution is -2.48. The van der Waals surface area contributed by atoms with E-state index in [2.05, 4.69) is 18.7 Å². The Morgan fingerprint density at radius 1 is 0.812 bits per heavy atom. The maximum absolute atomic E-state index is 2.81. The van der Waals surface area contributed by atoms with Crippen molar-refractivity contribution in [2.75, 3.05) is 6.54 Å². The third-order valence-corrected chi connectivity index (χ3v) is 4.70. The highest BCUT2D eigenvalue weighted by atomic mass is 15.2. The minimum absolute atomic E-state index is 0.758. The van der Waals surface area contributed by atoms with Crippen LogP contribution in [0.4, 0.5) is 0 Å². The fourth-order valence-corrected chi connectivity index (χ4v) is 3.83. The highest BCUT2D eigenvalue weighted by Gasteiger charge is 2.32. The number of fused-ring (bicyclic) bond motifs is 1. The lowest BCUT2D eigenvalue weighted by Gasteiger charge is -2.44. The summed E-state index contributed by atoms with van der Waals surface area (Å²) in [4.78, 5) is 2.81. The van der Waals surface area contributed by atoms with Gasteiger partial charge < -0.3 is 0 Å². The second kappa shape index (κ2) is 6.05. The van der Waals surface area contributed by atoms with Crippen LogP contribution in [-0.2, 0) is 0 Å². The van der Waals surface area contributed by atoms with Gasteiger partial charge in [0.05, 0.1) is 0 Å². The minimum Gasteiger partial charge on any atom is -0.298 e. The highest BCUT2D eigenvalue weighted by Crippen LogP contribution is 2.33. The van der Waals surface area contributed by atoms with Crippen molar-refractivity contribution in [1.29, 1.82) is 0 Å². The van der Waals surface area contributed by atoms with Crippen LogP contribution in [0.25, 0.3) is 0 Å². The largest absolute Gasteiger partial charge is 0.298 e. The summed E-state index contributed by atoms with van der Waals surface area (Å²) in [5, 5.41) is 0. The van der Waals surface area contributed by atoms with Crippen molar-refractivity contribution < 1.29 is 0 Å². The number of rotatable bonds is 1. The molecule has 2 fully saturated rings. The van der Waals surface area contributed by atoms with Crippen molar-refractivity contribution >= 4 is 0 Å². The molecule has 2 unspecified atom stereocenters. The molecule has 1 aliphatic carbocycles. The fraction of sp³-hybridized carbons (Fsp3) is 1.00. The van der Waals surface area contributed by atoms with E-state index in [1.54, 1.807) is 0 Å². The Balaban J connectivity index is 2.01. The monoisotopic (exact) mass is 223 g/mol. The van der Waals surface area contributed by atoms with Crippen LogP contribution in [-0.4, -0.2) is 23.5 Å². The molecule has 1 heteroatoms. The van der Waals surface area contributed by atoms with Gasteiger partial charge in [-0.2, -0.15) is 0 Å². The summed E-state index contributed by atoms with van der Waals surface area (Å²) in [6.07, 6.45) is 13.4. The summed E-state index contributed by atoms with van der Waals surface area (Å²) in [7, 11) is 0. The SMILES string of the molecule is CC(C)N1CCCC2CCCCCCCC21. The summed E-state index contributed by atoms with van der Waals surface area (Å²) in [5.74, 6) is 1.02. The molecule has 1 aliphatic heterocycles. The molecule has 0 radical (unpaired) electrons. The molecule has 0 N–H and O–H groups in total. The van der Waals surface area contributed by atoms with Crippen molar-refractivity contribution in [2.24, 2.45) is 5.92 Å². The van der Waals surface area contributed by atoms with Crippen LogP contribution >= 0.6 is 0 Å². The molecule has 1 heterocycles. The zero-order valence-electron chi connectivity index (χ0n) is 11.3. The van der Waals surface area contributed by atoms with Gasteiger partial charge in [0.2, 0.25) is 0 Å². The summed E-state index contributed by atoms with van der Waals surface area (Å²) in [6, 6.07) is 1.68. The smallest absolute Gasteiger partial charge is 0.0126 e. The van der Waals surface area contributed by atoms with Crippen molar-refractivity contribution in [3.63, 3.8) is 0 Å². The Hall–Kier alpha value is -0.0400. The van der Waals surface area contributed by atoms with E-state index in [1.807, 2.05) is 0 Å². The molecule has 0 aromatic heterocycles. The van der Waals surface area contributed by atoms with E-state index in [0.717, 1.165) is 18.0 Å². The van der Waals surface area contributed by atoms with Gasteiger partial charge in [0.1, 0.15) is 0 Å². The van der Waals surface area contributed by atoms with Crippen molar-refractivity contribution in [1.82, 2.24) is 4.90 Å². The van der Waals surface area contributed by atoms with Crippen molar-refractivity contribution in [3.8, 4) is 0 Å². The summed E-state index contributed by atoms with van der Waals surface area (Å²) >= 11 is 0. The third kappa shape index (κ3) is 3.00. The Labute approximate surface area is 102 Å². The molecular weight excluding hydrogens is 194 g/mol.